The van der Waals surface area contributed by atoms with Gasteiger partial charge in [-0.1, -0.05) is 49.9 Å². The molecule has 0 radical (unpaired) electrons. The molecular weight excluding hydrogens is 420 g/mol. The largest absolute Gasteiger partial charge is 0.396 e. The Labute approximate surface area is 187 Å². The third-order valence-electron chi connectivity index (χ3n) is 5.44. The molecule has 9 heteroatoms. The summed E-state index contributed by atoms with van der Waals surface area (Å²) >= 11 is 6.02. The highest BCUT2D eigenvalue weighted by atomic mass is 35.5. The Morgan fingerprint density at radius 3 is 2.55 bits per heavy atom. The summed E-state index contributed by atoms with van der Waals surface area (Å²) in [5.41, 5.74) is 0.562. The molecule has 3 rings (SSSR count). The molecule has 31 heavy (non-hydrogen) atoms. The second kappa shape index (κ2) is 10.8. The number of rotatable bonds is 11. The number of anilines is 2. The first-order chi connectivity index (χ1) is 15.0. The van der Waals surface area contributed by atoms with Crippen LogP contribution in [0.3, 0.4) is 0 Å². The van der Waals surface area contributed by atoms with Gasteiger partial charge in [0.25, 0.3) is 5.56 Å². The average Bonchev–Trinajstić information content (AvgIpc) is 3.12. The van der Waals surface area contributed by atoms with Crippen molar-refractivity contribution in [2.75, 3.05) is 23.4 Å². The normalized spacial score (nSPS) is 15.2. The predicted octanol–water partition coefficient (Wildman–Crippen LogP) is 2.90. The molecule has 1 unspecified atom stereocenters. The van der Waals surface area contributed by atoms with Crippen molar-refractivity contribution in [2.24, 2.45) is 7.05 Å². The molecule has 1 atom stereocenters. The molecular formula is C22H31ClN4O4. The quantitative estimate of drug-likeness (QED) is 0.512. The van der Waals surface area contributed by atoms with Gasteiger partial charge < -0.3 is 20.1 Å². The van der Waals surface area contributed by atoms with E-state index in [2.05, 4.69) is 12.2 Å². The molecule has 2 heterocycles. The average molecular weight is 451 g/mol. The molecule has 8 nitrogen and oxygen atoms in total. The van der Waals surface area contributed by atoms with Crippen LogP contribution in [-0.2, 0) is 24.9 Å². The summed E-state index contributed by atoms with van der Waals surface area (Å²) in [6.45, 7) is 3.20. The molecule has 0 fully saturated rings. The maximum absolute atomic E-state index is 13.3. The highest BCUT2D eigenvalue weighted by molar-refractivity contribution is 6.30. The Bertz CT molecular complexity index is 987. The summed E-state index contributed by atoms with van der Waals surface area (Å²) in [4.78, 5) is 27.8. The number of nitrogens with one attached hydrogen (secondary N) is 1. The minimum Gasteiger partial charge on any atom is -0.396 e. The summed E-state index contributed by atoms with van der Waals surface area (Å²) < 4.78 is 8.71. The number of aliphatic hydroxyl groups excluding tert-OH is 1. The van der Waals surface area contributed by atoms with Crippen molar-refractivity contribution in [3.63, 3.8) is 0 Å². The third-order valence-corrected chi connectivity index (χ3v) is 5.69. The number of hydrogen-bond acceptors (Lipinski definition) is 6. The monoisotopic (exact) mass is 450 g/mol. The highest BCUT2D eigenvalue weighted by Crippen LogP contribution is 2.32. The van der Waals surface area contributed by atoms with Crippen LogP contribution in [-0.4, -0.2) is 33.8 Å². The fraction of sp³-hybridized carbons (Fsp3) is 0.545. The van der Waals surface area contributed by atoms with Crippen molar-refractivity contribution in [2.45, 2.75) is 58.5 Å². The molecule has 0 aliphatic carbocycles. The van der Waals surface area contributed by atoms with Gasteiger partial charge in [0.15, 0.2) is 0 Å². The number of ether oxygens (including phenoxy) is 1. The first-order valence-corrected chi connectivity index (χ1v) is 11.2. The zero-order chi connectivity index (χ0) is 22.4. The lowest BCUT2D eigenvalue weighted by Gasteiger charge is -2.26. The van der Waals surface area contributed by atoms with Gasteiger partial charge in [0.2, 0.25) is 6.35 Å². The molecule has 1 aliphatic rings. The van der Waals surface area contributed by atoms with E-state index in [1.165, 1.54) is 9.13 Å². The van der Waals surface area contributed by atoms with E-state index in [1.54, 1.807) is 7.05 Å². The lowest BCUT2D eigenvalue weighted by molar-refractivity contribution is 0.0692. The van der Waals surface area contributed by atoms with Crippen LogP contribution in [0, 0.1) is 0 Å². The minimum atomic E-state index is -0.556. The van der Waals surface area contributed by atoms with Crippen LogP contribution in [0.5, 0.6) is 0 Å². The van der Waals surface area contributed by atoms with Gasteiger partial charge in [-0.2, -0.15) is 0 Å². The summed E-state index contributed by atoms with van der Waals surface area (Å²) in [5.74, 6) is 0.447. The lowest BCUT2D eigenvalue weighted by Crippen LogP contribution is -2.42. The smallest absolute Gasteiger partial charge is 0.332 e. The van der Waals surface area contributed by atoms with Crippen molar-refractivity contribution < 1.29 is 9.84 Å². The topological polar surface area (TPSA) is 88.7 Å². The SMILES string of the molecule is CCCCCCOC1Nc2c(c(=O)n(CCCO)c(=O)n2C)N1Cc1ccc(Cl)cc1. The number of hydrogen-bond donors (Lipinski definition) is 2. The molecule has 0 amide bonds. The number of aliphatic hydroxyl groups is 1. The van der Waals surface area contributed by atoms with E-state index >= 15 is 0 Å². The summed E-state index contributed by atoms with van der Waals surface area (Å²) in [7, 11) is 1.63. The predicted molar refractivity (Wildman–Crippen MR) is 123 cm³/mol. The molecule has 1 aromatic heterocycles. The minimum absolute atomic E-state index is 0.0943. The Hall–Kier alpha value is -2.29. The Morgan fingerprint density at radius 1 is 1.13 bits per heavy atom. The first kappa shape index (κ1) is 23.4. The number of halogens is 1. The van der Waals surface area contributed by atoms with Gasteiger partial charge >= 0.3 is 5.69 Å². The van der Waals surface area contributed by atoms with Crippen LogP contribution in [0.1, 0.15) is 44.6 Å². The van der Waals surface area contributed by atoms with Crippen molar-refractivity contribution in [1.29, 1.82) is 0 Å². The molecule has 0 spiro atoms. The maximum atomic E-state index is 13.3. The van der Waals surface area contributed by atoms with Gasteiger partial charge in [-0.15, -0.1) is 0 Å². The molecule has 1 aliphatic heterocycles. The first-order valence-electron chi connectivity index (χ1n) is 10.8. The molecule has 0 bridgehead atoms. The molecule has 170 valence electrons. The Kier molecular flexibility index (Phi) is 8.17. The molecule has 2 aromatic rings. The van der Waals surface area contributed by atoms with Gasteiger partial charge in [0.05, 0.1) is 6.61 Å². The van der Waals surface area contributed by atoms with Crippen molar-refractivity contribution in [3.05, 3.63) is 55.7 Å². The van der Waals surface area contributed by atoms with E-state index in [1.807, 2.05) is 29.2 Å². The zero-order valence-corrected chi connectivity index (χ0v) is 18.9. The number of benzene rings is 1. The Morgan fingerprint density at radius 2 is 1.87 bits per heavy atom. The van der Waals surface area contributed by atoms with Crippen LogP contribution in [0.25, 0.3) is 0 Å². The summed E-state index contributed by atoms with van der Waals surface area (Å²) in [5, 5.41) is 13.0. The fourth-order valence-corrected chi connectivity index (χ4v) is 3.84. The van der Waals surface area contributed by atoms with E-state index in [0.717, 1.165) is 31.2 Å². The fourth-order valence-electron chi connectivity index (χ4n) is 3.72. The molecule has 0 saturated carbocycles. The van der Waals surface area contributed by atoms with Crippen LogP contribution >= 0.6 is 11.6 Å². The highest BCUT2D eigenvalue weighted by Gasteiger charge is 2.35. The second-order valence-corrected chi connectivity index (χ2v) is 8.19. The van der Waals surface area contributed by atoms with E-state index in [0.29, 0.717) is 36.1 Å². The molecule has 2 N–H and O–H groups in total. The van der Waals surface area contributed by atoms with Crippen molar-refractivity contribution in [1.82, 2.24) is 9.13 Å². The van der Waals surface area contributed by atoms with E-state index < -0.39 is 12.0 Å². The Balaban J connectivity index is 1.94. The van der Waals surface area contributed by atoms with Crippen LogP contribution < -0.4 is 21.5 Å². The van der Waals surface area contributed by atoms with Gasteiger partial charge in [-0.05, 0) is 30.5 Å². The van der Waals surface area contributed by atoms with Crippen LogP contribution in [0.15, 0.2) is 33.9 Å². The third kappa shape index (κ3) is 5.31. The molecule has 0 saturated heterocycles. The number of fused-ring (bicyclic) bond motifs is 1. The zero-order valence-electron chi connectivity index (χ0n) is 18.1. The van der Waals surface area contributed by atoms with Crippen molar-refractivity contribution >= 4 is 23.1 Å². The number of unbranched alkanes of at least 4 members (excludes halogenated alkanes) is 3. The van der Waals surface area contributed by atoms with Gasteiger partial charge in [-0.3, -0.25) is 13.9 Å². The molecule has 1 aromatic carbocycles. The number of aromatic nitrogens is 2. The lowest BCUT2D eigenvalue weighted by atomic mass is 10.2. The maximum Gasteiger partial charge on any atom is 0.332 e. The summed E-state index contributed by atoms with van der Waals surface area (Å²) in [6, 6.07) is 7.43. The van der Waals surface area contributed by atoms with Crippen LogP contribution in [0.2, 0.25) is 5.02 Å². The second-order valence-electron chi connectivity index (χ2n) is 7.76. The van der Waals surface area contributed by atoms with Gasteiger partial charge in [0.1, 0.15) is 11.5 Å². The van der Waals surface area contributed by atoms with E-state index in [-0.39, 0.29) is 18.7 Å². The number of nitrogens with zero attached hydrogens (tertiary/aromatic N) is 3. The van der Waals surface area contributed by atoms with Crippen LogP contribution in [0.4, 0.5) is 11.5 Å². The van der Waals surface area contributed by atoms with Gasteiger partial charge in [0, 0.05) is 31.8 Å². The standard InChI is InChI=1S/C22H31ClN4O4/c1-3-4-5-6-14-31-21-24-19-18(27(21)15-16-8-10-17(23)11-9-16)20(29)26(12-7-13-28)22(30)25(19)2/h8-11,21,24,28H,3-7,12-15H2,1-2H3. The summed E-state index contributed by atoms with van der Waals surface area (Å²) in [6.07, 6.45) is 4.08. The van der Waals surface area contributed by atoms with E-state index in [9.17, 15) is 9.59 Å². The van der Waals surface area contributed by atoms with Gasteiger partial charge in [-0.25, -0.2) is 4.79 Å². The van der Waals surface area contributed by atoms with E-state index in [4.69, 9.17) is 21.4 Å². The van der Waals surface area contributed by atoms with Crippen molar-refractivity contribution in [3.8, 4) is 0 Å².